The number of nitrogens with zero attached hydrogens (tertiary/aromatic N) is 2. The van der Waals surface area contributed by atoms with E-state index in [2.05, 4.69) is 15.7 Å². The fraction of sp³-hybridized carbons (Fsp3) is 0.261. The van der Waals surface area contributed by atoms with Gasteiger partial charge in [-0.2, -0.15) is 5.10 Å². The Balaban J connectivity index is 1.47. The van der Waals surface area contributed by atoms with Crippen LogP contribution in [0.3, 0.4) is 0 Å². The molecule has 3 rings (SSSR count). The average Bonchev–Trinajstić information content (AvgIpc) is 3.21. The van der Waals surface area contributed by atoms with Crippen molar-refractivity contribution in [3.05, 3.63) is 78.1 Å². The van der Waals surface area contributed by atoms with Gasteiger partial charge < -0.3 is 10.6 Å². The van der Waals surface area contributed by atoms with Crippen molar-refractivity contribution in [1.29, 1.82) is 0 Å². The van der Waals surface area contributed by atoms with Gasteiger partial charge in [-0.1, -0.05) is 44.2 Å². The number of benzene rings is 2. The fourth-order valence-corrected chi connectivity index (χ4v) is 2.80. The molecule has 0 atom stereocenters. The van der Waals surface area contributed by atoms with Crippen LogP contribution in [0.4, 0.5) is 5.69 Å². The largest absolute Gasteiger partial charge is 0.352 e. The maximum Gasteiger partial charge on any atom is 0.226 e. The van der Waals surface area contributed by atoms with E-state index in [9.17, 15) is 9.59 Å². The van der Waals surface area contributed by atoms with E-state index in [-0.39, 0.29) is 17.7 Å². The first-order valence-corrected chi connectivity index (χ1v) is 9.77. The van der Waals surface area contributed by atoms with Crippen LogP contribution in [0.15, 0.2) is 67.0 Å². The van der Waals surface area contributed by atoms with E-state index in [0.29, 0.717) is 19.4 Å². The number of hydrogen-bond donors (Lipinski definition) is 2. The third-order valence-corrected chi connectivity index (χ3v) is 4.51. The molecule has 2 amide bonds. The highest BCUT2D eigenvalue weighted by molar-refractivity contribution is 5.92. The molecule has 0 unspecified atom stereocenters. The second-order valence-corrected chi connectivity index (χ2v) is 7.25. The normalized spacial score (nSPS) is 10.7. The predicted molar refractivity (Wildman–Crippen MR) is 114 cm³/mol. The number of rotatable bonds is 8. The van der Waals surface area contributed by atoms with Crippen molar-refractivity contribution in [2.75, 3.05) is 5.32 Å². The lowest BCUT2D eigenvalue weighted by Gasteiger charge is -2.10. The van der Waals surface area contributed by atoms with Crippen LogP contribution >= 0.6 is 0 Å². The summed E-state index contributed by atoms with van der Waals surface area (Å²) in [5.41, 5.74) is 3.69. The third-order valence-electron chi connectivity index (χ3n) is 4.51. The quantitative estimate of drug-likeness (QED) is 0.616. The maximum absolute atomic E-state index is 12.2. The number of anilines is 1. The van der Waals surface area contributed by atoms with Crippen LogP contribution in [0.1, 0.15) is 31.4 Å². The molecular formula is C23H26N4O2. The van der Waals surface area contributed by atoms with Gasteiger partial charge in [-0.15, -0.1) is 0 Å². The summed E-state index contributed by atoms with van der Waals surface area (Å²) in [5.74, 6) is -0.124. The van der Waals surface area contributed by atoms with Gasteiger partial charge in [0.05, 0.1) is 11.9 Å². The first-order valence-electron chi connectivity index (χ1n) is 9.77. The molecule has 6 heteroatoms. The Bertz CT molecular complexity index is 964. The van der Waals surface area contributed by atoms with Crippen LogP contribution < -0.4 is 10.6 Å². The summed E-state index contributed by atoms with van der Waals surface area (Å²) in [4.78, 5) is 24.0. The van der Waals surface area contributed by atoms with Gasteiger partial charge in [0.2, 0.25) is 11.8 Å². The zero-order chi connectivity index (χ0) is 20.6. The van der Waals surface area contributed by atoms with Crippen LogP contribution in [0, 0.1) is 5.92 Å². The Labute approximate surface area is 170 Å². The van der Waals surface area contributed by atoms with Crippen LogP contribution in [0.2, 0.25) is 0 Å². The van der Waals surface area contributed by atoms with Crippen LogP contribution in [0.5, 0.6) is 0 Å². The highest BCUT2D eigenvalue weighted by Crippen LogP contribution is 2.12. The van der Waals surface area contributed by atoms with Gasteiger partial charge in [-0.3, -0.25) is 9.59 Å². The molecule has 29 heavy (non-hydrogen) atoms. The molecule has 0 spiro atoms. The van der Waals surface area contributed by atoms with Gasteiger partial charge in [-0.05, 0) is 41.8 Å². The second kappa shape index (κ2) is 9.68. The predicted octanol–water partition coefficient (Wildman–Crippen LogP) is 3.72. The summed E-state index contributed by atoms with van der Waals surface area (Å²) >= 11 is 0. The summed E-state index contributed by atoms with van der Waals surface area (Å²) in [6.07, 6.45) is 4.76. The lowest BCUT2D eigenvalue weighted by Crippen LogP contribution is -2.23. The average molecular weight is 390 g/mol. The first-order chi connectivity index (χ1) is 14.0. The number of carbonyl (C=O) groups is 2. The first kappa shape index (κ1) is 20.3. The lowest BCUT2D eigenvalue weighted by atomic mass is 10.1. The summed E-state index contributed by atoms with van der Waals surface area (Å²) in [5, 5.41) is 10.2. The Morgan fingerprint density at radius 1 is 1.03 bits per heavy atom. The molecule has 2 aromatic carbocycles. The summed E-state index contributed by atoms with van der Waals surface area (Å²) in [6.45, 7) is 4.12. The van der Waals surface area contributed by atoms with Crippen molar-refractivity contribution in [2.24, 2.45) is 5.92 Å². The van der Waals surface area contributed by atoms with Crippen molar-refractivity contribution >= 4 is 17.5 Å². The molecule has 2 N–H and O–H groups in total. The summed E-state index contributed by atoms with van der Waals surface area (Å²) < 4.78 is 1.81. The van der Waals surface area contributed by atoms with E-state index < -0.39 is 0 Å². The molecule has 6 nitrogen and oxygen atoms in total. The van der Waals surface area contributed by atoms with Crippen molar-refractivity contribution in [3.8, 4) is 5.69 Å². The molecule has 0 aliphatic rings. The molecule has 0 aliphatic heterocycles. The van der Waals surface area contributed by atoms with E-state index in [1.54, 1.807) is 6.20 Å². The summed E-state index contributed by atoms with van der Waals surface area (Å²) in [6, 6.07) is 17.4. The van der Waals surface area contributed by atoms with E-state index >= 15 is 0 Å². The van der Waals surface area contributed by atoms with E-state index in [1.165, 1.54) is 0 Å². The number of nitrogens with one attached hydrogen (secondary N) is 2. The van der Waals surface area contributed by atoms with Crippen molar-refractivity contribution in [2.45, 2.75) is 33.2 Å². The SMILES string of the molecule is CC(C)C(=O)Nc1cccc(CNC(=O)CCc2cnn(-c3ccccc3)c2)c1. The number of carbonyl (C=O) groups excluding carboxylic acids is 2. The molecule has 0 radical (unpaired) electrons. The molecule has 1 heterocycles. The van der Waals surface area contributed by atoms with Crippen molar-refractivity contribution in [3.63, 3.8) is 0 Å². The zero-order valence-corrected chi connectivity index (χ0v) is 16.8. The standard InChI is InChI=1S/C23H26N4O2/c1-17(2)23(29)26-20-8-6-7-18(13-20)14-24-22(28)12-11-19-15-25-27(16-19)21-9-4-3-5-10-21/h3-10,13,15-17H,11-12,14H2,1-2H3,(H,24,28)(H,26,29). The van der Waals surface area contributed by atoms with Crippen LogP contribution in [-0.2, 0) is 22.6 Å². The van der Waals surface area contributed by atoms with Crippen molar-refractivity contribution in [1.82, 2.24) is 15.1 Å². The fourth-order valence-electron chi connectivity index (χ4n) is 2.80. The number of para-hydroxylation sites is 1. The lowest BCUT2D eigenvalue weighted by molar-refractivity contribution is -0.121. The molecule has 150 valence electrons. The van der Waals surface area contributed by atoms with Gasteiger partial charge in [0.1, 0.15) is 0 Å². The highest BCUT2D eigenvalue weighted by Gasteiger charge is 2.08. The maximum atomic E-state index is 12.2. The molecule has 0 fully saturated rings. The second-order valence-electron chi connectivity index (χ2n) is 7.25. The van der Waals surface area contributed by atoms with Crippen LogP contribution in [0.25, 0.3) is 5.69 Å². The molecule has 0 saturated carbocycles. The highest BCUT2D eigenvalue weighted by atomic mass is 16.2. The summed E-state index contributed by atoms with van der Waals surface area (Å²) in [7, 11) is 0. The van der Waals surface area contributed by atoms with Gasteiger partial charge >= 0.3 is 0 Å². The third kappa shape index (κ3) is 6.04. The van der Waals surface area contributed by atoms with Gasteiger partial charge in [0, 0.05) is 30.8 Å². The van der Waals surface area contributed by atoms with Gasteiger partial charge in [0.25, 0.3) is 0 Å². The van der Waals surface area contributed by atoms with Crippen LogP contribution in [-0.4, -0.2) is 21.6 Å². The molecule has 0 saturated heterocycles. The molecule has 0 aliphatic carbocycles. The minimum atomic E-state index is -0.0791. The Hall–Kier alpha value is -3.41. The number of aromatic nitrogens is 2. The monoisotopic (exact) mass is 390 g/mol. The Morgan fingerprint density at radius 2 is 1.83 bits per heavy atom. The van der Waals surface area contributed by atoms with E-state index in [1.807, 2.05) is 79.3 Å². The van der Waals surface area contributed by atoms with Crippen molar-refractivity contribution < 1.29 is 9.59 Å². The number of amides is 2. The molecular weight excluding hydrogens is 364 g/mol. The van der Waals surface area contributed by atoms with Gasteiger partial charge in [0.15, 0.2) is 0 Å². The minimum absolute atomic E-state index is 0.0194. The molecule has 3 aromatic rings. The Kier molecular flexibility index (Phi) is 6.79. The van der Waals surface area contributed by atoms with E-state index in [4.69, 9.17) is 0 Å². The minimum Gasteiger partial charge on any atom is -0.352 e. The van der Waals surface area contributed by atoms with E-state index in [0.717, 1.165) is 22.5 Å². The zero-order valence-electron chi connectivity index (χ0n) is 16.8. The topological polar surface area (TPSA) is 76.0 Å². The number of aryl methyl sites for hydroxylation is 1. The van der Waals surface area contributed by atoms with Gasteiger partial charge in [-0.25, -0.2) is 4.68 Å². The smallest absolute Gasteiger partial charge is 0.226 e. The number of hydrogen-bond acceptors (Lipinski definition) is 3. The Morgan fingerprint density at radius 3 is 2.59 bits per heavy atom. The molecule has 0 bridgehead atoms. The molecule has 1 aromatic heterocycles.